The summed E-state index contributed by atoms with van der Waals surface area (Å²) in [4.78, 5) is 27.6. The second-order valence-electron chi connectivity index (χ2n) is 7.88. The van der Waals surface area contributed by atoms with Gasteiger partial charge in [-0.05, 0) is 35.8 Å². The zero-order valence-electron chi connectivity index (χ0n) is 19.8. The Balaban J connectivity index is 1.98. The Morgan fingerprint density at radius 3 is 2.53 bits per heavy atom. The van der Waals surface area contributed by atoms with E-state index in [9.17, 15) is 14.7 Å². The van der Waals surface area contributed by atoms with Crippen LogP contribution < -0.4 is 9.47 Å². The fourth-order valence-corrected chi connectivity index (χ4v) is 3.80. The number of carbonyl (C=O) groups excluding carboxylic acids is 2. The van der Waals surface area contributed by atoms with Crippen LogP contribution in [-0.4, -0.2) is 55.7 Å². The van der Waals surface area contributed by atoms with Crippen LogP contribution in [0.2, 0.25) is 0 Å². The van der Waals surface area contributed by atoms with Gasteiger partial charge in [0, 0.05) is 13.7 Å². The zero-order chi connectivity index (χ0) is 24.5. The van der Waals surface area contributed by atoms with Crippen LogP contribution in [0.1, 0.15) is 36.9 Å². The molecule has 2 aromatic carbocycles. The third-order valence-corrected chi connectivity index (χ3v) is 5.59. The molecule has 1 amide bonds. The van der Waals surface area contributed by atoms with Gasteiger partial charge in [-0.25, -0.2) is 0 Å². The molecule has 1 heterocycles. The van der Waals surface area contributed by atoms with Crippen molar-refractivity contribution in [3.63, 3.8) is 0 Å². The number of aliphatic hydroxyl groups excluding tert-OH is 1. The molecule has 1 atom stereocenters. The molecule has 180 valence electrons. The van der Waals surface area contributed by atoms with Crippen molar-refractivity contribution in [1.29, 1.82) is 0 Å². The van der Waals surface area contributed by atoms with Gasteiger partial charge in [0.2, 0.25) is 0 Å². The number of rotatable bonds is 12. The molecule has 0 spiro atoms. The smallest absolute Gasteiger partial charge is 0.290 e. The molecule has 7 nitrogen and oxygen atoms in total. The fourth-order valence-electron chi connectivity index (χ4n) is 3.80. The lowest BCUT2D eigenvalue weighted by atomic mass is 9.95. The summed E-state index contributed by atoms with van der Waals surface area (Å²) in [6.45, 7) is 3.11. The van der Waals surface area contributed by atoms with Crippen LogP contribution in [0, 0.1) is 0 Å². The van der Waals surface area contributed by atoms with Crippen LogP contribution in [-0.2, 0) is 14.3 Å². The van der Waals surface area contributed by atoms with E-state index in [-0.39, 0.29) is 18.7 Å². The van der Waals surface area contributed by atoms with Crippen LogP contribution >= 0.6 is 0 Å². The third kappa shape index (κ3) is 5.66. The van der Waals surface area contributed by atoms with E-state index in [0.29, 0.717) is 23.7 Å². The van der Waals surface area contributed by atoms with Crippen LogP contribution in [0.15, 0.2) is 65.9 Å². The van der Waals surface area contributed by atoms with E-state index < -0.39 is 23.5 Å². The van der Waals surface area contributed by atoms with E-state index in [4.69, 9.17) is 14.2 Å². The van der Waals surface area contributed by atoms with Gasteiger partial charge in [0.1, 0.15) is 0 Å². The first-order valence-corrected chi connectivity index (χ1v) is 11.3. The largest absolute Gasteiger partial charge is 0.503 e. The average molecular weight is 466 g/mol. The zero-order valence-corrected chi connectivity index (χ0v) is 19.8. The number of ketones is 1. The van der Waals surface area contributed by atoms with E-state index in [1.807, 2.05) is 30.3 Å². The number of nitrogens with zero attached hydrogens (tertiary/aromatic N) is 1. The van der Waals surface area contributed by atoms with Crippen molar-refractivity contribution >= 4 is 17.8 Å². The number of benzene rings is 2. The summed E-state index contributed by atoms with van der Waals surface area (Å²) in [5, 5.41) is 10.7. The topological polar surface area (TPSA) is 85.3 Å². The van der Waals surface area contributed by atoms with Gasteiger partial charge in [0.15, 0.2) is 23.0 Å². The van der Waals surface area contributed by atoms with Crippen molar-refractivity contribution in [2.24, 2.45) is 0 Å². The molecule has 7 heteroatoms. The van der Waals surface area contributed by atoms with Crippen molar-refractivity contribution in [2.75, 3.05) is 34.0 Å². The predicted molar refractivity (Wildman–Crippen MR) is 130 cm³/mol. The van der Waals surface area contributed by atoms with Gasteiger partial charge >= 0.3 is 0 Å². The summed E-state index contributed by atoms with van der Waals surface area (Å²) in [6.07, 6.45) is 4.95. The number of carbonyl (C=O) groups is 2. The maximum absolute atomic E-state index is 13.2. The Labute approximate surface area is 200 Å². The average Bonchev–Trinajstić information content (AvgIpc) is 3.11. The molecule has 34 heavy (non-hydrogen) atoms. The molecule has 0 aliphatic carbocycles. The van der Waals surface area contributed by atoms with E-state index in [2.05, 4.69) is 6.92 Å². The van der Waals surface area contributed by atoms with Crippen molar-refractivity contribution in [2.45, 2.75) is 25.8 Å². The molecule has 0 fully saturated rings. The first-order valence-electron chi connectivity index (χ1n) is 11.3. The second kappa shape index (κ2) is 12.0. The number of aliphatic hydroxyl groups is 1. The molecule has 0 bridgehead atoms. The molecule has 1 N–H and O–H groups in total. The minimum Gasteiger partial charge on any atom is -0.503 e. The van der Waals surface area contributed by atoms with Crippen LogP contribution in [0.25, 0.3) is 6.08 Å². The van der Waals surface area contributed by atoms with Crippen molar-refractivity contribution in [1.82, 2.24) is 4.90 Å². The van der Waals surface area contributed by atoms with Gasteiger partial charge in [-0.1, -0.05) is 55.8 Å². The molecular formula is C27H31NO6. The van der Waals surface area contributed by atoms with Gasteiger partial charge in [-0.2, -0.15) is 0 Å². The van der Waals surface area contributed by atoms with Crippen LogP contribution in [0.5, 0.6) is 11.5 Å². The molecule has 1 aliphatic rings. The van der Waals surface area contributed by atoms with E-state index in [0.717, 1.165) is 18.4 Å². The monoisotopic (exact) mass is 465 g/mol. The molecule has 1 aliphatic heterocycles. The van der Waals surface area contributed by atoms with E-state index in [1.165, 1.54) is 25.2 Å². The quantitative estimate of drug-likeness (QED) is 0.367. The van der Waals surface area contributed by atoms with E-state index in [1.54, 1.807) is 24.3 Å². The summed E-state index contributed by atoms with van der Waals surface area (Å²) < 4.78 is 16.5. The minimum atomic E-state index is -0.783. The normalized spacial score (nSPS) is 15.9. The fraction of sp³-hybridized carbons (Fsp3) is 0.333. The van der Waals surface area contributed by atoms with Crippen LogP contribution in [0.4, 0.5) is 0 Å². The molecule has 3 rings (SSSR count). The minimum absolute atomic E-state index is 0.0231. The van der Waals surface area contributed by atoms with Crippen molar-refractivity contribution < 1.29 is 28.9 Å². The maximum Gasteiger partial charge on any atom is 0.290 e. The molecule has 0 saturated carbocycles. The summed E-state index contributed by atoms with van der Waals surface area (Å²) in [5.74, 6) is -0.531. The van der Waals surface area contributed by atoms with E-state index >= 15 is 0 Å². The van der Waals surface area contributed by atoms with Gasteiger partial charge in [0.25, 0.3) is 5.91 Å². The van der Waals surface area contributed by atoms with Gasteiger partial charge in [-0.15, -0.1) is 0 Å². The Morgan fingerprint density at radius 1 is 1.09 bits per heavy atom. The number of hydrogen-bond donors (Lipinski definition) is 1. The summed E-state index contributed by atoms with van der Waals surface area (Å²) in [5.41, 5.74) is 1.49. The van der Waals surface area contributed by atoms with Gasteiger partial charge in [0.05, 0.1) is 31.9 Å². The Hall–Kier alpha value is -3.58. The van der Waals surface area contributed by atoms with Crippen molar-refractivity contribution in [3.05, 3.63) is 77.1 Å². The first kappa shape index (κ1) is 25.1. The van der Waals surface area contributed by atoms with Gasteiger partial charge in [-0.3, -0.25) is 9.59 Å². The number of allylic oxidation sites excluding steroid dienone is 1. The lowest BCUT2D eigenvalue weighted by Crippen LogP contribution is -2.33. The van der Waals surface area contributed by atoms with Gasteiger partial charge < -0.3 is 24.2 Å². The summed E-state index contributed by atoms with van der Waals surface area (Å²) in [7, 11) is 3.07. The predicted octanol–water partition coefficient (Wildman–Crippen LogP) is 4.50. The number of hydrogen-bond acceptors (Lipinski definition) is 6. The van der Waals surface area contributed by atoms with Crippen LogP contribution in [0.3, 0.4) is 0 Å². The highest BCUT2D eigenvalue weighted by Crippen LogP contribution is 2.41. The SMILES string of the molecule is CCCCOc1ccc(C2C(C(=O)C=Cc3ccccc3)=C(O)C(=O)N2CCOC)cc1OC. The Kier molecular flexibility index (Phi) is 8.87. The third-order valence-electron chi connectivity index (χ3n) is 5.59. The highest BCUT2D eigenvalue weighted by molar-refractivity contribution is 6.14. The number of amides is 1. The maximum atomic E-state index is 13.2. The highest BCUT2D eigenvalue weighted by atomic mass is 16.5. The Morgan fingerprint density at radius 2 is 1.85 bits per heavy atom. The number of methoxy groups -OCH3 is 2. The highest BCUT2D eigenvalue weighted by Gasteiger charge is 2.42. The molecule has 0 aromatic heterocycles. The molecule has 0 saturated heterocycles. The lowest BCUT2D eigenvalue weighted by Gasteiger charge is -2.27. The molecule has 1 unspecified atom stereocenters. The second-order valence-corrected chi connectivity index (χ2v) is 7.88. The molecular weight excluding hydrogens is 434 g/mol. The molecule has 2 aromatic rings. The molecule has 0 radical (unpaired) electrons. The standard InChI is InChI=1S/C27H31NO6/c1-4-5-16-34-22-14-12-20(18-23(22)33-3)25-24(26(30)27(31)28(25)15-17-32-2)21(29)13-11-19-9-7-6-8-10-19/h6-14,18,25,30H,4-5,15-17H2,1-3H3. The first-order chi connectivity index (χ1) is 16.5. The summed E-state index contributed by atoms with van der Waals surface area (Å²) >= 11 is 0. The summed E-state index contributed by atoms with van der Waals surface area (Å²) in [6, 6.07) is 13.9. The lowest BCUT2D eigenvalue weighted by molar-refractivity contribution is -0.130. The van der Waals surface area contributed by atoms with Crippen molar-refractivity contribution in [3.8, 4) is 11.5 Å². The number of unbranched alkanes of at least 4 members (excludes halogenated alkanes) is 1. The number of ether oxygens (including phenoxy) is 3. The Bertz CT molecular complexity index is 1060.